The second kappa shape index (κ2) is 12.1. The molecule has 176 valence electrons. The molecular formula is C27H30Cl2O2P2Sn+2. The van der Waals surface area contributed by atoms with Gasteiger partial charge < -0.3 is 9.13 Å². The fourth-order valence-electron chi connectivity index (χ4n) is 3.62. The maximum Gasteiger partial charge on any atom is 0.298 e. The van der Waals surface area contributed by atoms with E-state index in [2.05, 4.69) is 0 Å². The van der Waals surface area contributed by atoms with Crippen LogP contribution < -0.4 is 21.2 Å². The molecule has 2 nitrogen and oxygen atoms in total. The summed E-state index contributed by atoms with van der Waals surface area (Å²) >= 11 is -2.24. The van der Waals surface area contributed by atoms with Crippen LogP contribution in [-0.2, 0) is 0 Å². The van der Waals surface area contributed by atoms with Crippen molar-refractivity contribution in [1.29, 1.82) is 0 Å². The summed E-state index contributed by atoms with van der Waals surface area (Å²) in [6.45, 7) is 0. The van der Waals surface area contributed by atoms with Crippen LogP contribution in [0.5, 0.6) is 0 Å². The summed E-state index contributed by atoms with van der Waals surface area (Å²) in [6, 6.07) is 39.2. The summed E-state index contributed by atoms with van der Waals surface area (Å²) in [7, 11) is 5.36. The van der Waals surface area contributed by atoms with E-state index in [1.165, 1.54) is 0 Å². The van der Waals surface area contributed by atoms with E-state index in [1.807, 2.05) is 131 Å². The first-order chi connectivity index (χ1) is 16.1. The molecule has 0 bridgehead atoms. The van der Waals surface area contributed by atoms with Crippen LogP contribution in [-0.4, -0.2) is 31.2 Å². The van der Waals surface area contributed by atoms with Crippen molar-refractivity contribution in [1.82, 2.24) is 0 Å². The molecule has 0 radical (unpaired) electrons. The SMILES string of the molecule is [CH3][Sn]([CH3])([Cl])[Cl].[OH+]=P(CP(=[OH+])(c1ccccc1)c1ccccc1)(c1ccccc1)c1ccccc1. The minimum absolute atomic E-state index is 0.308. The predicted molar refractivity (Wildman–Crippen MR) is 156 cm³/mol. The largest absolute Gasteiger partial charge is 0.310 e. The molecule has 34 heavy (non-hydrogen) atoms. The molecule has 4 aromatic rings. The Morgan fingerprint density at radius 1 is 0.500 bits per heavy atom. The third-order valence-electron chi connectivity index (χ3n) is 5.14. The van der Waals surface area contributed by atoms with E-state index in [9.17, 15) is 9.13 Å². The van der Waals surface area contributed by atoms with Gasteiger partial charge in [-0.05, 0) is 48.5 Å². The molecule has 0 aliphatic heterocycles. The zero-order valence-corrected chi connectivity index (χ0v) is 25.5. The van der Waals surface area contributed by atoms with Crippen LogP contribution in [0.3, 0.4) is 0 Å². The minimum Gasteiger partial charge on any atom is -0.310 e. The molecule has 4 aromatic carbocycles. The van der Waals surface area contributed by atoms with E-state index in [1.54, 1.807) is 0 Å². The summed E-state index contributed by atoms with van der Waals surface area (Å²) < 4.78 is 24.4. The standard InChI is InChI=1S/C25H22O2P2.2CH3.2ClH.Sn/c26-28(22-13-5-1-6-14-22,23-15-7-2-8-16-23)21-29(27,24-17-9-3-10-18-24)25-19-11-4-12-20-25;;;;;/h1-20H,21H2;2*1H3;2*1H;/q;;;;;+2. The molecule has 0 heterocycles. The first kappa shape index (κ1) is 27.3. The van der Waals surface area contributed by atoms with Crippen molar-refractivity contribution in [2.24, 2.45) is 0 Å². The first-order valence-corrected chi connectivity index (χ1v) is 27.7. The topological polar surface area (TPSA) is 42.8 Å². The van der Waals surface area contributed by atoms with Gasteiger partial charge >= 0.3 is 43.8 Å². The molecule has 0 fully saturated rings. The number of rotatable bonds is 6. The van der Waals surface area contributed by atoms with Crippen LogP contribution in [0.15, 0.2) is 121 Å². The zero-order chi connectivity index (χ0) is 24.7. The van der Waals surface area contributed by atoms with Gasteiger partial charge in [-0.3, -0.25) is 0 Å². The van der Waals surface area contributed by atoms with E-state index >= 15 is 0 Å². The van der Waals surface area contributed by atoms with Gasteiger partial charge in [0.1, 0.15) is 0 Å². The van der Waals surface area contributed by atoms with E-state index in [-0.39, 0.29) is 0 Å². The Morgan fingerprint density at radius 2 is 0.676 bits per heavy atom. The second-order valence-corrected chi connectivity index (χ2v) is 36.2. The molecule has 0 atom stereocenters. The Balaban J connectivity index is 0.000000588. The smallest absolute Gasteiger partial charge is 0.298 e. The minimum atomic E-state index is -2.83. The molecule has 7 heteroatoms. The molecule has 4 rings (SSSR count). The molecule has 0 aliphatic rings. The molecule has 0 spiro atoms. The number of hydrogen-bond donors (Lipinski definition) is 0. The number of hydrogen-bond acceptors (Lipinski definition) is 0. The Labute approximate surface area is 214 Å². The summed E-state index contributed by atoms with van der Waals surface area (Å²) in [5.74, 6) is 0.308. The molecule has 2 N–H and O–H groups in total. The maximum absolute atomic E-state index is 12.2. The fraction of sp³-hybridized carbons (Fsp3) is 0.111. The van der Waals surface area contributed by atoms with Crippen LogP contribution in [0.25, 0.3) is 0 Å². The fourth-order valence-corrected chi connectivity index (χ4v) is 11.9. The van der Waals surface area contributed by atoms with Gasteiger partial charge in [-0.15, -0.1) is 0 Å². The molecule has 0 aliphatic carbocycles. The zero-order valence-electron chi connectivity index (χ0n) is 19.3. The molecular weight excluding hydrogens is 608 g/mol. The predicted octanol–water partition coefficient (Wildman–Crippen LogP) is 7.02. The van der Waals surface area contributed by atoms with Crippen LogP contribution in [0.2, 0.25) is 9.88 Å². The van der Waals surface area contributed by atoms with Crippen molar-refractivity contribution < 1.29 is 9.13 Å². The third kappa shape index (κ3) is 7.36. The van der Waals surface area contributed by atoms with Gasteiger partial charge in [-0.1, -0.05) is 72.8 Å². The van der Waals surface area contributed by atoms with Crippen LogP contribution in [0.4, 0.5) is 0 Å². The Kier molecular flexibility index (Phi) is 9.73. The van der Waals surface area contributed by atoms with E-state index < -0.39 is 30.4 Å². The van der Waals surface area contributed by atoms with Gasteiger partial charge in [-0.25, -0.2) is 0 Å². The van der Waals surface area contributed by atoms with Gasteiger partial charge in [0.15, 0.2) is 5.90 Å². The first-order valence-electron chi connectivity index (χ1n) is 10.9. The van der Waals surface area contributed by atoms with Crippen molar-refractivity contribution in [3.8, 4) is 0 Å². The van der Waals surface area contributed by atoms with Crippen molar-refractivity contribution in [2.75, 3.05) is 5.90 Å². The van der Waals surface area contributed by atoms with Gasteiger partial charge in [0.25, 0.3) is 14.3 Å². The van der Waals surface area contributed by atoms with Gasteiger partial charge in [0, 0.05) is 0 Å². The van der Waals surface area contributed by atoms with E-state index in [4.69, 9.17) is 17.8 Å². The monoisotopic (exact) mass is 638 g/mol. The second-order valence-electron chi connectivity index (χ2n) is 8.35. The molecule has 0 unspecified atom stereocenters. The summed E-state index contributed by atoms with van der Waals surface area (Å²) in [5, 5.41) is 3.54. The average Bonchev–Trinajstić information content (AvgIpc) is 2.85. The summed E-state index contributed by atoms with van der Waals surface area (Å²) in [4.78, 5) is 3.86. The van der Waals surface area contributed by atoms with Gasteiger partial charge in [0.05, 0.1) is 21.2 Å². The van der Waals surface area contributed by atoms with Crippen LogP contribution in [0, 0.1) is 0 Å². The van der Waals surface area contributed by atoms with Crippen LogP contribution in [0.1, 0.15) is 0 Å². The Bertz CT molecular complexity index is 1080. The molecule has 0 saturated carbocycles. The quantitative estimate of drug-likeness (QED) is 0.124. The van der Waals surface area contributed by atoms with Crippen molar-refractivity contribution in [2.45, 2.75) is 9.88 Å². The molecule has 0 amide bonds. The molecule has 0 aromatic heterocycles. The van der Waals surface area contributed by atoms with Gasteiger partial charge in [-0.2, -0.15) is 0 Å². The van der Waals surface area contributed by atoms with Crippen molar-refractivity contribution >= 4 is 69.5 Å². The Morgan fingerprint density at radius 3 is 0.853 bits per heavy atom. The van der Waals surface area contributed by atoms with E-state index in [0.29, 0.717) is 5.90 Å². The number of benzene rings is 4. The Hall–Kier alpha value is -1.28. The molecule has 0 saturated heterocycles. The third-order valence-corrected chi connectivity index (χ3v) is 13.0. The normalized spacial score (nSPS) is 11.9. The van der Waals surface area contributed by atoms with Crippen LogP contribution >= 0.6 is 32.1 Å². The van der Waals surface area contributed by atoms with E-state index in [0.717, 1.165) is 21.2 Å². The maximum atomic E-state index is 12.2. The van der Waals surface area contributed by atoms with Crippen molar-refractivity contribution in [3.05, 3.63) is 121 Å². The van der Waals surface area contributed by atoms with Gasteiger partial charge in [0.2, 0.25) is 0 Å². The van der Waals surface area contributed by atoms with Crippen molar-refractivity contribution in [3.63, 3.8) is 0 Å². The average molecular weight is 638 g/mol. The number of halogens is 2. The summed E-state index contributed by atoms with van der Waals surface area (Å²) in [6.07, 6.45) is 0. The summed E-state index contributed by atoms with van der Waals surface area (Å²) in [5.41, 5.74) is 0.